The summed E-state index contributed by atoms with van der Waals surface area (Å²) in [6, 6.07) is 13.3. The molecule has 0 saturated carbocycles. The van der Waals surface area contributed by atoms with Gasteiger partial charge in [0.25, 0.3) is 0 Å². The van der Waals surface area contributed by atoms with Crippen molar-refractivity contribution in [3.63, 3.8) is 0 Å². The van der Waals surface area contributed by atoms with Gasteiger partial charge in [-0.1, -0.05) is 41.4 Å². The Bertz CT molecular complexity index is 810. The van der Waals surface area contributed by atoms with E-state index in [4.69, 9.17) is 16.3 Å². The van der Waals surface area contributed by atoms with Crippen molar-refractivity contribution in [2.75, 3.05) is 0 Å². The summed E-state index contributed by atoms with van der Waals surface area (Å²) < 4.78 is 6.24. The first-order chi connectivity index (χ1) is 10.5. The third kappa shape index (κ3) is 3.23. The first-order valence-electron chi connectivity index (χ1n) is 6.57. The zero-order chi connectivity index (χ0) is 15.7. The summed E-state index contributed by atoms with van der Waals surface area (Å²) >= 11 is 8.33. The first kappa shape index (κ1) is 15.2. The zero-order valence-electron chi connectivity index (χ0n) is 11.6. The van der Waals surface area contributed by atoms with E-state index in [9.17, 15) is 4.79 Å². The Morgan fingerprint density at radius 3 is 2.64 bits per heavy atom. The van der Waals surface area contributed by atoms with Crippen molar-refractivity contribution >= 4 is 52.1 Å². The Morgan fingerprint density at radius 1 is 1.18 bits per heavy atom. The van der Waals surface area contributed by atoms with Crippen LogP contribution in [0.15, 0.2) is 53.2 Å². The average molecular weight is 424 g/mol. The second-order valence-electron chi connectivity index (χ2n) is 4.87. The van der Waals surface area contributed by atoms with Gasteiger partial charge in [0, 0.05) is 3.57 Å². The molecule has 0 amide bonds. The van der Waals surface area contributed by atoms with Gasteiger partial charge in [0.05, 0.1) is 10.6 Å². The maximum Gasteiger partial charge on any atom is 0.363 e. The lowest BCUT2D eigenvalue weighted by Crippen LogP contribution is -2.06. The van der Waals surface area contributed by atoms with E-state index >= 15 is 0 Å². The van der Waals surface area contributed by atoms with Crippen LogP contribution in [0.5, 0.6) is 0 Å². The predicted octanol–water partition coefficient (Wildman–Crippen LogP) is 4.60. The number of hydrogen-bond donors (Lipinski definition) is 0. The maximum atomic E-state index is 12.0. The van der Waals surface area contributed by atoms with Crippen LogP contribution in [-0.4, -0.2) is 11.9 Å². The molecule has 0 radical (unpaired) electrons. The number of aliphatic imine (C=N–C) groups is 1. The highest BCUT2D eigenvalue weighted by Crippen LogP contribution is 2.25. The minimum atomic E-state index is -0.467. The van der Waals surface area contributed by atoms with Crippen molar-refractivity contribution in [2.24, 2.45) is 4.99 Å². The Balaban J connectivity index is 1.97. The predicted molar refractivity (Wildman–Crippen MR) is 96.0 cm³/mol. The van der Waals surface area contributed by atoms with Gasteiger partial charge in [0.1, 0.15) is 0 Å². The number of esters is 1. The molecule has 110 valence electrons. The fraction of sp³-hybridized carbons (Fsp3) is 0.0588. The van der Waals surface area contributed by atoms with E-state index in [1.54, 1.807) is 12.1 Å². The summed E-state index contributed by atoms with van der Waals surface area (Å²) in [5.41, 5.74) is 2.95. The number of carbonyl (C=O) groups excluding carboxylic acids is 1. The second-order valence-corrected chi connectivity index (χ2v) is 6.52. The molecular weight excluding hydrogens is 413 g/mol. The molecule has 2 aromatic carbocycles. The van der Waals surface area contributed by atoms with Crippen LogP contribution >= 0.6 is 34.2 Å². The van der Waals surface area contributed by atoms with Crippen LogP contribution in [0.2, 0.25) is 5.02 Å². The van der Waals surface area contributed by atoms with E-state index in [2.05, 4.69) is 27.6 Å². The third-order valence-electron chi connectivity index (χ3n) is 3.16. The van der Waals surface area contributed by atoms with Gasteiger partial charge in [-0.2, -0.15) is 0 Å². The molecule has 2 aromatic rings. The number of rotatable bonds is 2. The molecule has 3 nitrogen and oxygen atoms in total. The summed E-state index contributed by atoms with van der Waals surface area (Å²) in [6.07, 6.45) is 1.70. The van der Waals surface area contributed by atoms with E-state index in [0.717, 1.165) is 14.7 Å². The van der Waals surface area contributed by atoms with Gasteiger partial charge in [-0.3, -0.25) is 0 Å². The number of hydrogen-bond acceptors (Lipinski definition) is 3. The first-order valence-corrected chi connectivity index (χ1v) is 8.03. The van der Waals surface area contributed by atoms with Gasteiger partial charge in [0.15, 0.2) is 5.70 Å². The summed E-state index contributed by atoms with van der Waals surface area (Å²) in [5.74, 6) is -0.225. The molecular formula is C17H11ClINO2. The van der Waals surface area contributed by atoms with Gasteiger partial charge in [0.2, 0.25) is 5.90 Å². The summed E-state index contributed by atoms with van der Waals surface area (Å²) in [5, 5.41) is 0.503. The number of halogens is 2. The number of cyclic esters (lactones) is 1. The minimum absolute atomic E-state index is 0.242. The van der Waals surface area contributed by atoms with Crippen molar-refractivity contribution in [3.8, 4) is 0 Å². The molecule has 0 N–H and O–H groups in total. The fourth-order valence-electron chi connectivity index (χ4n) is 2.01. The molecule has 1 aliphatic rings. The maximum absolute atomic E-state index is 12.0. The minimum Gasteiger partial charge on any atom is -0.402 e. The topological polar surface area (TPSA) is 38.7 Å². The molecule has 0 atom stereocenters. The summed E-state index contributed by atoms with van der Waals surface area (Å²) in [6.45, 7) is 2.01. The van der Waals surface area contributed by atoms with E-state index in [0.29, 0.717) is 10.6 Å². The van der Waals surface area contributed by atoms with Crippen LogP contribution in [-0.2, 0) is 9.53 Å². The van der Waals surface area contributed by atoms with Crippen LogP contribution in [0.1, 0.15) is 16.7 Å². The number of benzene rings is 2. The molecule has 0 unspecified atom stereocenters. The number of nitrogens with zero attached hydrogens (tertiary/aromatic N) is 1. The number of ether oxygens (including phenoxy) is 1. The molecule has 1 aliphatic heterocycles. The lowest BCUT2D eigenvalue weighted by Gasteiger charge is -2.02. The third-order valence-corrected chi connectivity index (χ3v) is 4.16. The van der Waals surface area contributed by atoms with Crippen LogP contribution in [0.25, 0.3) is 6.08 Å². The number of carbonyl (C=O) groups is 1. The molecule has 3 rings (SSSR count). The zero-order valence-corrected chi connectivity index (χ0v) is 14.6. The molecule has 1 heterocycles. The average Bonchev–Trinajstić information content (AvgIpc) is 2.85. The lowest BCUT2D eigenvalue weighted by atomic mass is 10.1. The van der Waals surface area contributed by atoms with Crippen LogP contribution in [0, 0.1) is 10.5 Å². The Kier molecular flexibility index (Phi) is 4.31. The van der Waals surface area contributed by atoms with Gasteiger partial charge >= 0.3 is 5.97 Å². The van der Waals surface area contributed by atoms with E-state index in [-0.39, 0.29) is 11.6 Å². The lowest BCUT2D eigenvalue weighted by molar-refractivity contribution is -0.129. The quantitative estimate of drug-likeness (QED) is 0.402. The highest BCUT2D eigenvalue weighted by molar-refractivity contribution is 14.1. The summed E-state index contributed by atoms with van der Waals surface area (Å²) in [4.78, 5) is 16.3. The molecule has 0 aromatic heterocycles. The van der Waals surface area contributed by atoms with Gasteiger partial charge in [-0.15, -0.1) is 0 Å². The molecule has 22 heavy (non-hydrogen) atoms. The van der Waals surface area contributed by atoms with Crippen molar-refractivity contribution in [1.29, 1.82) is 0 Å². The molecule has 0 bridgehead atoms. The number of aryl methyl sites for hydroxylation is 1. The molecule has 0 aliphatic carbocycles. The van der Waals surface area contributed by atoms with Crippen LogP contribution in [0.4, 0.5) is 0 Å². The van der Waals surface area contributed by atoms with Gasteiger partial charge in [-0.05, 0) is 59.4 Å². The summed E-state index contributed by atoms with van der Waals surface area (Å²) in [7, 11) is 0. The van der Waals surface area contributed by atoms with E-state index in [1.165, 1.54) is 0 Å². The van der Waals surface area contributed by atoms with E-state index in [1.807, 2.05) is 43.3 Å². The Morgan fingerprint density at radius 2 is 1.91 bits per heavy atom. The molecule has 0 spiro atoms. The standard InChI is InChI=1S/C17H11ClINO2/c1-10-2-4-11(5-3-10)8-15-17(21)22-16(20-15)13-9-12(19)6-7-14(13)18/h2-9H,1H3/b15-8-. The SMILES string of the molecule is Cc1ccc(/C=C2\N=C(c3cc(I)ccc3Cl)OC2=O)cc1. The Labute approximate surface area is 146 Å². The smallest absolute Gasteiger partial charge is 0.363 e. The molecule has 0 saturated heterocycles. The Hall–Kier alpha value is -1.66. The van der Waals surface area contributed by atoms with Gasteiger partial charge in [-0.25, -0.2) is 9.79 Å². The van der Waals surface area contributed by atoms with E-state index < -0.39 is 5.97 Å². The molecule has 5 heteroatoms. The van der Waals surface area contributed by atoms with Crippen molar-refractivity contribution in [2.45, 2.75) is 6.92 Å². The van der Waals surface area contributed by atoms with Crippen molar-refractivity contribution < 1.29 is 9.53 Å². The van der Waals surface area contributed by atoms with Crippen LogP contribution in [0.3, 0.4) is 0 Å². The second kappa shape index (κ2) is 6.22. The van der Waals surface area contributed by atoms with Gasteiger partial charge < -0.3 is 4.74 Å². The van der Waals surface area contributed by atoms with Crippen molar-refractivity contribution in [1.82, 2.24) is 0 Å². The van der Waals surface area contributed by atoms with Crippen molar-refractivity contribution in [3.05, 3.63) is 73.4 Å². The largest absolute Gasteiger partial charge is 0.402 e. The van der Waals surface area contributed by atoms with Crippen LogP contribution < -0.4 is 0 Å². The molecule has 0 fully saturated rings. The monoisotopic (exact) mass is 423 g/mol. The highest BCUT2D eigenvalue weighted by atomic mass is 127. The normalized spacial score (nSPS) is 15.9. The fourth-order valence-corrected chi connectivity index (χ4v) is 2.70. The highest BCUT2D eigenvalue weighted by Gasteiger charge is 2.25.